The summed E-state index contributed by atoms with van der Waals surface area (Å²) in [6.45, 7) is 1.90. The van der Waals surface area contributed by atoms with Gasteiger partial charge < -0.3 is 4.55 Å². The lowest BCUT2D eigenvalue weighted by Gasteiger charge is -2.06. The highest BCUT2D eigenvalue weighted by molar-refractivity contribution is 7.84. The van der Waals surface area contributed by atoms with Crippen LogP contribution in [0.4, 0.5) is 0 Å². The van der Waals surface area contributed by atoms with Gasteiger partial charge in [-0.05, 0) is 12.5 Å². The second-order valence-electron chi connectivity index (χ2n) is 2.69. The van der Waals surface area contributed by atoms with Gasteiger partial charge in [-0.3, -0.25) is 0 Å². The first-order chi connectivity index (χ1) is 5.47. The van der Waals surface area contributed by atoms with Crippen LogP contribution in [0.3, 0.4) is 0 Å². The van der Waals surface area contributed by atoms with Gasteiger partial charge in [0.05, 0.1) is 15.9 Å². The van der Waals surface area contributed by atoms with Crippen LogP contribution in [0, 0.1) is 6.92 Å². The lowest BCUT2D eigenvalue weighted by molar-refractivity contribution is 0.462. The summed E-state index contributed by atoms with van der Waals surface area (Å²) in [7, 11) is -4.14. The Kier molecular flexibility index (Phi) is 2.49. The van der Waals surface area contributed by atoms with Crippen LogP contribution in [-0.4, -0.2) is 13.0 Å². The van der Waals surface area contributed by atoms with E-state index in [1.165, 1.54) is 0 Å². The van der Waals surface area contributed by atoms with Gasteiger partial charge in [-0.2, -0.15) is 0 Å². The standard InChI is InChI=1S/C8H10O3S/c1-7-2-4-8(5-3-7)6-12(9,10)11/h2-5H,6H2,1H3,(H,9,10,11)/p-1. The zero-order chi connectivity index (χ0) is 9.19. The van der Waals surface area contributed by atoms with Crippen LogP contribution >= 0.6 is 0 Å². The topological polar surface area (TPSA) is 57.2 Å². The molecule has 1 aromatic rings. The quantitative estimate of drug-likeness (QED) is 0.647. The van der Waals surface area contributed by atoms with Crippen molar-refractivity contribution in [2.24, 2.45) is 0 Å². The largest absolute Gasteiger partial charge is 0.748 e. The second kappa shape index (κ2) is 3.25. The molecule has 0 N–H and O–H groups in total. The third kappa shape index (κ3) is 3.02. The SMILES string of the molecule is Cc1ccc(CS(=O)(=O)[O-])cc1. The van der Waals surface area contributed by atoms with Crippen LogP contribution in [0.15, 0.2) is 24.3 Å². The van der Waals surface area contributed by atoms with E-state index >= 15 is 0 Å². The minimum atomic E-state index is -4.14. The molecule has 0 saturated heterocycles. The second-order valence-corrected chi connectivity index (χ2v) is 4.09. The Hall–Kier alpha value is -0.870. The molecule has 4 heteroatoms. The van der Waals surface area contributed by atoms with Gasteiger partial charge in [0, 0.05) is 0 Å². The Morgan fingerprint density at radius 1 is 1.25 bits per heavy atom. The average Bonchev–Trinajstić information content (AvgIpc) is 1.91. The van der Waals surface area contributed by atoms with Crippen molar-refractivity contribution in [3.63, 3.8) is 0 Å². The fourth-order valence-corrected chi connectivity index (χ4v) is 1.49. The molecule has 0 fully saturated rings. The molecule has 0 saturated carbocycles. The van der Waals surface area contributed by atoms with Crippen molar-refractivity contribution in [1.29, 1.82) is 0 Å². The molecule has 66 valence electrons. The molecule has 0 spiro atoms. The first kappa shape index (κ1) is 9.22. The number of benzene rings is 1. The number of hydrogen-bond donors (Lipinski definition) is 0. The Morgan fingerprint density at radius 3 is 2.17 bits per heavy atom. The van der Waals surface area contributed by atoms with E-state index in [0.29, 0.717) is 5.56 Å². The summed E-state index contributed by atoms with van der Waals surface area (Å²) >= 11 is 0. The zero-order valence-electron chi connectivity index (χ0n) is 6.65. The maximum atomic E-state index is 10.3. The van der Waals surface area contributed by atoms with Gasteiger partial charge >= 0.3 is 0 Å². The smallest absolute Gasteiger partial charge is 0.0988 e. The molecular formula is C8H9O3S-. The molecule has 0 aromatic heterocycles. The molecule has 0 heterocycles. The summed E-state index contributed by atoms with van der Waals surface area (Å²) in [6, 6.07) is 6.84. The van der Waals surface area contributed by atoms with Crippen LogP contribution in [0.25, 0.3) is 0 Å². The van der Waals surface area contributed by atoms with Crippen molar-refractivity contribution >= 4 is 10.1 Å². The molecule has 1 aromatic carbocycles. The zero-order valence-corrected chi connectivity index (χ0v) is 7.47. The van der Waals surface area contributed by atoms with Crippen molar-refractivity contribution < 1.29 is 13.0 Å². The highest BCUT2D eigenvalue weighted by Crippen LogP contribution is 2.06. The van der Waals surface area contributed by atoms with Crippen molar-refractivity contribution in [2.75, 3.05) is 0 Å². The minimum absolute atomic E-state index is 0.423. The van der Waals surface area contributed by atoms with Crippen LogP contribution < -0.4 is 0 Å². The highest BCUT2D eigenvalue weighted by atomic mass is 32.2. The van der Waals surface area contributed by atoms with Gasteiger partial charge in [0.25, 0.3) is 0 Å². The van der Waals surface area contributed by atoms with Gasteiger partial charge in [-0.1, -0.05) is 29.8 Å². The van der Waals surface area contributed by atoms with Crippen LogP contribution in [0.5, 0.6) is 0 Å². The maximum Gasteiger partial charge on any atom is 0.0988 e. The Labute approximate surface area is 71.8 Å². The van der Waals surface area contributed by atoms with Crippen molar-refractivity contribution in [1.82, 2.24) is 0 Å². The van der Waals surface area contributed by atoms with Gasteiger partial charge in [0.1, 0.15) is 0 Å². The Balaban J connectivity index is 2.85. The van der Waals surface area contributed by atoms with E-state index in [-0.39, 0.29) is 0 Å². The van der Waals surface area contributed by atoms with E-state index in [4.69, 9.17) is 0 Å². The summed E-state index contributed by atoms with van der Waals surface area (Å²) in [6.07, 6.45) is 0. The van der Waals surface area contributed by atoms with E-state index in [1.807, 2.05) is 6.92 Å². The average molecular weight is 185 g/mol. The Morgan fingerprint density at radius 2 is 1.75 bits per heavy atom. The highest BCUT2D eigenvalue weighted by Gasteiger charge is 1.97. The molecule has 0 unspecified atom stereocenters. The molecule has 3 nitrogen and oxygen atoms in total. The predicted molar refractivity (Wildman–Crippen MR) is 44.6 cm³/mol. The van der Waals surface area contributed by atoms with Gasteiger partial charge in [-0.25, -0.2) is 8.42 Å². The van der Waals surface area contributed by atoms with E-state index in [1.54, 1.807) is 24.3 Å². The van der Waals surface area contributed by atoms with Gasteiger partial charge in [-0.15, -0.1) is 0 Å². The molecule has 0 bridgehead atoms. The molecule has 0 aliphatic rings. The molecule has 0 atom stereocenters. The third-order valence-corrected chi connectivity index (χ3v) is 2.15. The van der Waals surface area contributed by atoms with Crippen molar-refractivity contribution in [2.45, 2.75) is 12.7 Å². The summed E-state index contributed by atoms with van der Waals surface area (Å²) in [4.78, 5) is 0. The van der Waals surface area contributed by atoms with Crippen LogP contribution in [-0.2, 0) is 15.9 Å². The van der Waals surface area contributed by atoms with Crippen LogP contribution in [0.2, 0.25) is 0 Å². The fourth-order valence-electron chi connectivity index (χ4n) is 0.888. The molecule has 0 radical (unpaired) electrons. The Bertz CT molecular complexity index is 350. The van der Waals surface area contributed by atoms with Gasteiger partial charge in [0.15, 0.2) is 0 Å². The number of aryl methyl sites for hydroxylation is 1. The number of rotatable bonds is 2. The molecule has 1 rings (SSSR count). The lowest BCUT2D eigenvalue weighted by Crippen LogP contribution is -2.01. The monoisotopic (exact) mass is 185 g/mol. The minimum Gasteiger partial charge on any atom is -0.748 e. The summed E-state index contributed by atoms with van der Waals surface area (Å²) < 4.78 is 31.0. The summed E-state index contributed by atoms with van der Waals surface area (Å²) in [5.41, 5.74) is 1.58. The third-order valence-electron chi connectivity index (χ3n) is 1.46. The van der Waals surface area contributed by atoms with E-state index < -0.39 is 15.9 Å². The molecule has 12 heavy (non-hydrogen) atoms. The molecule has 0 amide bonds. The first-order valence-corrected chi connectivity index (χ1v) is 5.04. The summed E-state index contributed by atoms with van der Waals surface area (Å²) in [5.74, 6) is -0.423. The summed E-state index contributed by atoms with van der Waals surface area (Å²) in [5, 5.41) is 0. The van der Waals surface area contributed by atoms with E-state index in [2.05, 4.69) is 0 Å². The van der Waals surface area contributed by atoms with E-state index in [0.717, 1.165) is 5.56 Å². The molecule has 0 aliphatic carbocycles. The first-order valence-electron chi connectivity index (χ1n) is 3.46. The van der Waals surface area contributed by atoms with Gasteiger partial charge in [0.2, 0.25) is 0 Å². The van der Waals surface area contributed by atoms with Crippen molar-refractivity contribution in [3.8, 4) is 0 Å². The normalized spacial score (nSPS) is 11.5. The predicted octanol–water partition coefficient (Wildman–Crippen LogP) is 1.04. The number of hydrogen-bond acceptors (Lipinski definition) is 3. The van der Waals surface area contributed by atoms with Crippen molar-refractivity contribution in [3.05, 3.63) is 35.4 Å². The lowest BCUT2D eigenvalue weighted by atomic mass is 10.2. The maximum absolute atomic E-state index is 10.3. The molecular weight excluding hydrogens is 176 g/mol. The molecule has 0 aliphatic heterocycles. The van der Waals surface area contributed by atoms with E-state index in [9.17, 15) is 13.0 Å². The van der Waals surface area contributed by atoms with Crippen LogP contribution in [0.1, 0.15) is 11.1 Å². The fraction of sp³-hybridized carbons (Fsp3) is 0.250.